The van der Waals surface area contributed by atoms with E-state index < -0.39 is 17.4 Å². The Morgan fingerprint density at radius 3 is 2.59 bits per heavy atom. The second-order valence-corrected chi connectivity index (χ2v) is 5.73. The first-order valence-electron chi connectivity index (χ1n) is 8.08. The van der Waals surface area contributed by atoms with Crippen molar-refractivity contribution in [2.45, 2.75) is 0 Å². The van der Waals surface area contributed by atoms with E-state index >= 15 is 0 Å². The van der Waals surface area contributed by atoms with Gasteiger partial charge in [-0.05, 0) is 42.5 Å². The minimum Gasteiger partial charge on any atom is -0.423 e. The van der Waals surface area contributed by atoms with Crippen LogP contribution >= 0.6 is 0 Å². The summed E-state index contributed by atoms with van der Waals surface area (Å²) in [6.07, 6.45) is 1.59. The van der Waals surface area contributed by atoms with Crippen LogP contribution in [0.3, 0.4) is 0 Å². The van der Waals surface area contributed by atoms with Gasteiger partial charge in [-0.15, -0.1) is 0 Å². The Balaban J connectivity index is 1.68. The molecule has 0 radical (unpaired) electrons. The molecule has 0 unspecified atom stereocenters. The highest BCUT2D eigenvalue weighted by atomic mass is 19.1. The van der Waals surface area contributed by atoms with Crippen LogP contribution in [0.2, 0.25) is 0 Å². The number of esters is 1. The Bertz CT molecular complexity index is 1200. The third kappa shape index (κ3) is 3.32. The lowest BCUT2D eigenvalue weighted by Gasteiger charge is -2.07. The van der Waals surface area contributed by atoms with Crippen LogP contribution in [0.15, 0.2) is 82.1 Å². The van der Waals surface area contributed by atoms with E-state index in [4.69, 9.17) is 9.15 Å². The normalized spacial score (nSPS) is 10.7. The summed E-state index contributed by atoms with van der Waals surface area (Å²) in [6, 6.07) is 17.0. The number of hydrogen-bond donors (Lipinski definition) is 0. The Morgan fingerprint density at radius 2 is 1.81 bits per heavy atom. The van der Waals surface area contributed by atoms with Gasteiger partial charge in [-0.25, -0.2) is 14.0 Å². The number of hydrogen-bond acceptors (Lipinski definition) is 5. The average Bonchev–Trinajstić information content (AvgIpc) is 2.68. The average molecular weight is 361 g/mol. The summed E-state index contributed by atoms with van der Waals surface area (Å²) < 4.78 is 24.2. The molecule has 132 valence electrons. The van der Waals surface area contributed by atoms with Crippen molar-refractivity contribution in [3.05, 3.63) is 94.7 Å². The highest BCUT2D eigenvalue weighted by Gasteiger charge is 2.15. The van der Waals surface area contributed by atoms with Crippen molar-refractivity contribution in [1.29, 1.82) is 0 Å². The van der Waals surface area contributed by atoms with Gasteiger partial charge in [0.2, 0.25) is 0 Å². The summed E-state index contributed by atoms with van der Waals surface area (Å²) in [5.41, 5.74) is 0.351. The summed E-state index contributed by atoms with van der Waals surface area (Å²) in [5.74, 6) is -1.36. The van der Waals surface area contributed by atoms with Crippen LogP contribution < -0.4 is 10.4 Å². The van der Waals surface area contributed by atoms with E-state index in [-0.39, 0.29) is 16.9 Å². The zero-order valence-corrected chi connectivity index (χ0v) is 13.9. The number of ether oxygens (including phenoxy) is 1. The summed E-state index contributed by atoms with van der Waals surface area (Å²) in [5, 5.41) is 0.640. The molecule has 0 amide bonds. The quantitative estimate of drug-likeness (QED) is 0.311. The van der Waals surface area contributed by atoms with Crippen LogP contribution in [0.1, 0.15) is 10.4 Å². The van der Waals surface area contributed by atoms with Crippen LogP contribution in [0, 0.1) is 5.82 Å². The van der Waals surface area contributed by atoms with Gasteiger partial charge < -0.3 is 9.15 Å². The maximum absolute atomic E-state index is 13.7. The lowest BCUT2D eigenvalue weighted by atomic mass is 10.1. The Labute approximate surface area is 152 Å². The SMILES string of the molecule is O=C(Oc1ccc2cc(-c3ccccn3)c(=O)oc2c1)c1ccccc1F. The molecule has 4 aromatic rings. The van der Waals surface area contributed by atoms with Crippen molar-refractivity contribution in [2.75, 3.05) is 0 Å². The standard InChI is InChI=1S/C21H12FNO4/c22-17-6-2-1-5-15(17)20(24)26-14-9-8-13-11-16(18-7-3-4-10-23-18)21(25)27-19(13)12-14/h1-12H. The molecule has 0 atom stereocenters. The summed E-state index contributed by atoms with van der Waals surface area (Å²) in [6.45, 7) is 0. The van der Waals surface area contributed by atoms with Crippen molar-refractivity contribution >= 4 is 16.9 Å². The van der Waals surface area contributed by atoms with Crippen molar-refractivity contribution in [1.82, 2.24) is 4.98 Å². The fourth-order valence-electron chi connectivity index (χ4n) is 2.64. The van der Waals surface area contributed by atoms with Gasteiger partial charge in [0.1, 0.15) is 17.1 Å². The molecule has 0 saturated heterocycles. The molecule has 5 nitrogen and oxygen atoms in total. The predicted molar refractivity (Wildman–Crippen MR) is 97.1 cm³/mol. The van der Waals surface area contributed by atoms with Gasteiger partial charge in [0.05, 0.1) is 16.8 Å². The number of pyridine rings is 1. The monoisotopic (exact) mass is 361 g/mol. The Morgan fingerprint density at radius 1 is 1.00 bits per heavy atom. The fraction of sp³-hybridized carbons (Fsp3) is 0. The number of fused-ring (bicyclic) bond motifs is 1. The summed E-state index contributed by atoms with van der Waals surface area (Å²) in [7, 11) is 0. The minimum atomic E-state index is -0.833. The smallest absolute Gasteiger partial charge is 0.346 e. The number of carbonyl (C=O) groups excluding carboxylic acids is 1. The number of aromatic nitrogens is 1. The largest absolute Gasteiger partial charge is 0.423 e. The molecule has 0 aliphatic carbocycles. The minimum absolute atomic E-state index is 0.143. The second kappa shape index (κ2) is 6.84. The van der Waals surface area contributed by atoms with Crippen LogP contribution in [-0.4, -0.2) is 11.0 Å². The molecule has 2 heterocycles. The molecule has 0 spiro atoms. The molecule has 4 rings (SSSR count). The molecule has 0 N–H and O–H groups in total. The number of nitrogens with zero attached hydrogens (tertiary/aromatic N) is 1. The van der Waals surface area contributed by atoms with E-state index in [1.54, 1.807) is 42.6 Å². The maximum Gasteiger partial charge on any atom is 0.346 e. The second-order valence-electron chi connectivity index (χ2n) is 5.73. The van der Waals surface area contributed by atoms with Gasteiger partial charge in [-0.2, -0.15) is 0 Å². The molecule has 0 fully saturated rings. The van der Waals surface area contributed by atoms with E-state index in [0.29, 0.717) is 16.6 Å². The Kier molecular flexibility index (Phi) is 4.22. The van der Waals surface area contributed by atoms with Crippen molar-refractivity contribution in [3.8, 4) is 17.0 Å². The Hall–Kier alpha value is -3.80. The van der Waals surface area contributed by atoms with E-state index in [2.05, 4.69) is 4.98 Å². The van der Waals surface area contributed by atoms with Crippen LogP contribution in [-0.2, 0) is 0 Å². The third-order valence-electron chi connectivity index (χ3n) is 3.95. The fourth-order valence-corrected chi connectivity index (χ4v) is 2.64. The van der Waals surface area contributed by atoms with Crippen molar-refractivity contribution in [2.24, 2.45) is 0 Å². The number of rotatable bonds is 3. The molecule has 0 aliphatic heterocycles. The molecule has 0 saturated carbocycles. The zero-order chi connectivity index (χ0) is 18.8. The lowest BCUT2D eigenvalue weighted by molar-refractivity contribution is 0.0730. The molecule has 0 aliphatic rings. The molecule has 2 aromatic heterocycles. The predicted octanol–water partition coefficient (Wildman–Crippen LogP) is 4.21. The van der Waals surface area contributed by atoms with Crippen LogP contribution in [0.25, 0.3) is 22.2 Å². The van der Waals surface area contributed by atoms with Gasteiger partial charge in [0.15, 0.2) is 0 Å². The van der Waals surface area contributed by atoms with Gasteiger partial charge in [-0.3, -0.25) is 4.98 Å². The van der Waals surface area contributed by atoms with Gasteiger partial charge in [0, 0.05) is 17.6 Å². The highest BCUT2D eigenvalue weighted by molar-refractivity contribution is 5.92. The maximum atomic E-state index is 13.7. The van der Waals surface area contributed by atoms with E-state index in [1.807, 2.05) is 0 Å². The number of benzene rings is 2. The molecular formula is C21H12FNO4. The topological polar surface area (TPSA) is 69.4 Å². The molecule has 2 aromatic carbocycles. The van der Waals surface area contributed by atoms with Gasteiger partial charge >= 0.3 is 11.6 Å². The highest BCUT2D eigenvalue weighted by Crippen LogP contribution is 2.24. The summed E-state index contributed by atoms with van der Waals surface area (Å²) in [4.78, 5) is 28.5. The van der Waals surface area contributed by atoms with Crippen LogP contribution in [0.4, 0.5) is 4.39 Å². The molecule has 6 heteroatoms. The molecule has 0 bridgehead atoms. The van der Waals surface area contributed by atoms with Gasteiger partial charge in [-0.1, -0.05) is 18.2 Å². The van der Waals surface area contributed by atoms with E-state index in [0.717, 1.165) is 0 Å². The third-order valence-corrected chi connectivity index (χ3v) is 3.95. The van der Waals surface area contributed by atoms with Crippen LogP contribution in [0.5, 0.6) is 5.75 Å². The first-order valence-corrected chi connectivity index (χ1v) is 8.08. The molecule has 27 heavy (non-hydrogen) atoms. The summed E-state index contributed by atoms with van der Waals surface area (Å²) >= 11 is 0. The van der Waals surface area contributed by atoms with Crippen molar-refractivity contribution < 1.29 is 18.3 Å². The first kappa shape index (κ1) is 16.7. The van der Waals surface area contributed by atoms with E-state index in [9.17, 15) is 14.0 Å². The zero-order valence-electron chi connectivity index (χ0n) is 13.9. The van der Waals surface area contributed by atoms with E-state index in [1.165, 1.54) is 30.3 Å². The first-order chi connectivity index (χ1) is 13.1. The molecular weight excluding hydrogens is 349 g/mol. The lowest BCUT2D eigenvalue weighted by Crippen LogP contribution is -2.10. The number of halogens is 1. The number of carbonyl (C=O) groups is 1. The van der Waals surface area contributed by atoms with Crippen molar-refractivity contribution in [3.63, 3.8) is 0 Å². The van der Waals surface area contributed by atoms with Gasteiger partial charge in [0.25, 0.3) is 0 Å².